The van der Waals surface area contributed by atoms with E-state index in [0.717, 1.165) is 11.8 Å². The molecule has 2 amide bonds. The summed E-state index contributed by atoms with van der Waals surface area (Å²) < 4.78 is 32.8. The summed E-state index contributed by atoms with van der Waals surface area (Å²) in [7, 11) is 0. The number of amides is 2. The fourth-order valence-corrected chi connectivity index (χ4v) is 2.16. The van der Waals surface area contributed by atoms with Crippen molar-refractivity contribution in [3.63, 3.8) is 0 Å². The number of nitrogens with one attached hydrogen (secondary N) is 2. The van der Waals surface area contributed by atoms with Gasteiger partial charge in [0.05, 0.1) is 11.9 Å². The second-order valence-electron chi connectivity index (χ2n) is 5.44. The Bertz CT molecular complexity index is 968. The van der Waals surface area contributed by atoms with Gasteiger partial charge in [0, 0.05) is 5.69 Å². The fourth-order valence-electron chi connectivity index (χ4n) is 2.16. The first kappa shape index (κ1) is 18.1. The van der Waals surface area contributed by atoms with E-state index in [4.69, 9.17) is 10.5 Å². The van der Waals surface area contributed by atoms with Gasteiger partial charge in [-0.3, -0.25) is 5.32 Å². The van der Waals surface area contributed by atoms with E-state index in [2.05, 4.69) is 20.6 Å². The van der Waals surface area contributed by atoms with Crippen LogP contribution in [-0.2, 0) is 6.61 Å². The zero-order valence-corrected chi connectivity index (χ0v) is 13.9. The third kappa shape index (κ3) is 4.88. The lowest BCUT2D eigenvalue weighted by Gasteiger charge is -2.10. The van der Waals surface area contributed by atoms with Gasteiger partial charge in [0.25, 0.3) is 0 Å². The molecule has 1 aromatic heterocycles. The number of nitrogens with two attached hydrogens (primary N) is 1. The van der Waals surface area contributed by atoms with Crippen LogP contribution >= 0.6 is 0 Å². The Hall–Kier alpha value is -3.75. The molecule has 27 heavy (non-hydrogen) atoms. The average Bonchev–Trinajstić information content (AvgIpc) is 2.64. The maximum atomic E-state index is 13.9. The molecule has 0 aliphatic heterocycles. The largest absolute Gasteiger partial charge is 0.459 e. The Morgan fingerprint density at radius 1 is 1.07 bits per heavy atom. The van der Waals surface area contributed by atoms with Crippen LogP contribution in [0.1, 0.15) is 5.56 Å². The van der Waals surface area contributed by atoms with E-state index in [1.807, 2.05) is 0 Å². The SMILES string of the molecule is Nc1cccc(COc2ncc(F)c(NC(=O)Nc3ccccc3F)n2)c1. The molecule has 0 aliphatic rings. The van der Waals surface area contributed by atoms with Crippen molar-refractivity contribution in [2.24, 2.45) is 0 Å². The van der Waals surface area contributed by atoms with Crippen LogP contribution in [0.5, 0.6) is 6.01 Å². The van der Waals surface area contributed by atoms with E-state index >= 15 is 0 Å². The summed E-state index contributed by atoms with van der Waals surface area (Å²) in [5, 5.41) is 4.45. The summed E-state index contributed by atoms with van der Waals surface area (Å²) in [6.45, 7) is 0.109. The number of rotatable bonds is 5. The Kier molecular flexibility index (Phi) is 5.41. The van der Waals surface area contributed by atoms with E-state index in [1.54, 1.807) is 30.3 Å². The summed E-state index contributed by atoms with van der Waals surface area (Å²) in [6.07, 6.45) is 0.862. The molecule has 0 fully saturated rings. The minimum Gasteiger partial charge on any atom is -0.459 e. The second kappa shape index (κ2) is 8.09. The van der Waals surface area contributed by atoms with E-state index < -0.39 is 23.5 Å². The van der Waals surface area contributed by atoms with Crippen molar-refractivity contribution in [1.29, 1.82) is 0 Å². The number of nitrogens with zero attached hydrogens (tertiary/aromatic N) is 2. The van der Waals surface area contributed by atoms with Gasteiger partial charge in [-0.15, -0.1) is 0 Å². The van der Waals surface area contributed by atoms with Crippen molar-refractivity contribution in [3.05, 3.63) is 71.9 Å². The number of ether oxygens (including phenoxy) is 1. The van der Waals surface area contributed by atoms with E-state index in [9.17, 15) is 13.6 Å². The maximum Gasteiger partial charge on any atom is 0.325 e. The average molecular weight is 371 g/mol. The smallest absolute Gasteiger partial charge is 0.325 e. The van der Waals surface area contributed by atoms with E-state index in [1.165, 1.54) is 18.2 Å². The molecule has 2 aromatic carbocycles. The van der Waals surface area contributed by atoms with Crippen molar-refractivity contribution < 1.29 is 18.3 Å². The molecule has 138 valence electrons. The third-order valence-corrected chi connectivity index (χ3v) is 3.39. The number of aromatic nitrogens is 2. The molecule has 9 heteroatoms. The number of urea groups is 1. The standard InChI is InChI=1S/C18H15F2N5O2/c19-13-6-1-2-7-15(13)23-17(26)24-16-14(20)9-22-18(25-16)27-10-11-4-3-5-12(21)8-11/h1-9H,10,21H2,(H2,22,23,24,25,26). The van der Waals surface area contributed by atoms with Crippen LogP contribution in [-0.4, -0.2) is 16.0 Å². The molecule has 0 spiro atoms. The number of halogens is 2. The number of carbonyl (C=O) groups excluding carboxylic acids is 1. The second-order valence-corrected chi connectivity index (χ2v) is 5.44. The molecular weight excluding hydrogens is 356 g/mol. The Labute approximate surface area is 153 Å². The van der Waals surface area contributed by atoms with Crippen molar-refractivity contribution in [2.75, 3.05) is 16.4 Å². The molecule has 0 unspecified atom stereocenters. The first-order valence-electron chi connectivity index (χ1n) is 7.83. The van der Waals surface area contributed by atoms with Crippen LogP contribution in [0, 0.1) is 11.6 Å². The van der Waals surface area contributed by atoms with Crippen molar-refractivity contribution in [3.8, 4) is 6.01 Å². The van der Waals surface area contributed by atoms with Crippen LogP contribution < -0.4 is 21.1 Å². The highest BCUT2D eigenvalue weighted by atomic mass is 19.1. The van der Waals surface area contributed by atoms with Crippen LogP contribution in [0.25, 0.3) is 0 Å². The monoisotopic (exact) mass is 371 g/mol. The topological polar surface area (TPSA) is 102 Å². The summed E-state index contributed by atoms with van der Waals surface area (Å²) in [5.74, 6) is -1.89. The van der Waals surface area contributed by atoms with Crippen LogP contribution in [0.3, 0.4) is 0 Å². The normalized spacial score (nSPS) is 10.3. The summed E-state index contributed by atoms with van der Waals surface area (Å²) in [4.78, 5) is 19.5. The lowest BCUT2D eigenvalue weighted by molar-refractivity contribution is 0.261. The van der Waals surface area contributed by atoms with Crippen LogP contribution in [0.15, 0.2) is 54.7 Å². The highest BCUT2D eigenvalue weighted by Gasteiger charge is 2.13. The molecule has 0 aliphatic carbocycles. The quantitative estimate of drug-likeness (QED) is 0.595. The minimum atomic E-state index is -0.866. The highest BCUT2D eigenvalue weighted by molar-refractivity contribution is 5.99. The van der Waals surface area contributed by atoms with Gasteiger partial charge in [-0.1, -0.05) is 24.3 Å². The third-order valence-electron chi connectivity index (χ3n) is 3.39. The number of benzene rings is 2. The predicted molar refractivity (Wildman–Crippen MR) is 96.2 cm³/mol. The van der Waals surface area contributed by atoms with Crippen molar-refractivity contribution >= 4 is 23.2 Å². The number of para-hydroxylation sites is 1. The van der Waals surface area contributed by atoms with Crippen LogP contribution in [0.4, 0.5) is 30.8 Å². The Balaban J connectivity index is 1.66. The minimum absolute atomic E-state index is 0.0531. The molecule has 4 N–H and O–H groups in total. The van der Waals surface area contributed by atoms with Gasteiger partial charge in [0.2, 0.25) is 0 Å². The Morgan fingerprint density at radius 3 is 2.67 bits per heavy atom. The van der Waals surface area contributed by atoms with Gasteiger partial charge in [-0.05, 0) is 29.8 Å². The number of nitrogen functional groups attached to an aromatic ring is 1. The van der Waals surface area contributed by atoms with Gasteiger partial charge >= 0.3 is 12.0 Å². The fraction of sp³-hybridized carbons (Fsp3) is 0.0556. The number of anilines is 3. The van der Waals surface area contributed by atoms with Gasteiger partial charge in [-0.2, -0.15) is 4.98 Å². The lowest BCUT2D eigenvalue weighted by Crippen LogP contribution is -2.21. The summed E-state index contributed by atoms with van der Waals surface area (Å²) in [5.41, 5.74) is 6.97. The zero-order chi connectivity index (χ0) is 19.2. The first-order valence-corrected chi connectivity index (χ1v) is 7.83. The highest BCUT2D eigenvalue weighted by Crippen LogP contribution is 2.17. The van der Waals surface area contributed by atoms with Gasteiger partial charge < -0.3 is 15.8 Å². The van der Waals surface area contributed by atoms with Crippen molar-refractivity contribution in [1.82, 2.24) is 9.97 Å². The van der Waals surface area contributed by atoms with Crippen LogP contribution in [0.2, 0.25) is 0 Å². The first-order chi connectivity index (χ1) is 13.0. The van der Waals surface area contributed by atoms with E-state index in [0.29, 0.717) is 5.69 Å². The maximum absolute atomic E-state index is 13.9. The number of hydrogen-bond acceptors (Lipinski definition) is 5. The number of hydrogen-bond donors (Lipinski definition) is 3. The van der Waals surface area contributed by atoms with Crippen molar-refractivity contribution in [2.45, 2.75) is 6.61 Å². The molecule has 0 radical (unpaired) electrons. The van der Waals surface area contributed by atoms with Gasteiger partial charge in [0.1, 0.15) is 12.4 Å². The van der Waals surface area contributed by atoms with E-state index in [-0.39, 0.29) is 18.3 Å². The number of carbonyl (C=O) groups is 1. The molecule has 1 heterocycles. The molecule has 3 rings (SSSR count). The Morgan fingerprint density at radius 2 is 1.89 bits per heavy atom. The predicted octanol–water partition coefficient (Wildman–Crippen LogP) is 3.56. The molecule has 0 saturated carbocycles. The zero-order valence-electron chi connectivity index (χ0n) is 13.9. The molecule has 3 aromatic rings. The molecule has 0 atom stereocenters. The summed E-state index contributed by atoms with van der Waals surface area (Å²) >= 11 is 0. The van der Waals surface area contributed by atoms with Gasteiger partial charge in [-0.25, -0.2) is 18.6 Å². The van der Waals surface area contributed by atoms with Gasteiger partial charge in [0.15, 0.2) is 11.6 Å². The molecule has 7 nitrogen and oxygen atoms in total. The summed E-state index contributed by atoms with van der Waals surface area (Å²) in [6, 6.07) is 11.6. The lowest BCUT2D eigenvalue weighted by atomic mass is 10.2. The molecule has 0 bridgehead atoms. The molecular formula is C18H15F2N5O2. The molecule has 0 saturated heterocycles.